The smallest absolute Gasteiger partial charge is 0.416 e. The minimum atomic E-state index is -4.74. The minimum absolute atomic E-state index is 0.0163. The van der Waals surface area contributed by atoms with Crippen LogP contribution in [0.2, 0.25) is 0 Å². The molecule has 1 aromatic carbocycles. The summed E-state index contributed by atoms with van der Waals surface area (Å²) in [6.07, 6.45) is -2.13. The van der Waals surface area contributed by atoms with Crippen LogP contribution in [0.3, 0.4) is 0 Å². The average molecular weight is 641 g/mol. The maximum absolute atomic E-state index is 14.1. The fourth-order valence-electron chi connectivity index (χ4n) is 5.45. The number of alkyl halides is 3. The van der Waals surface area contributed by atoms with Gasteiger partial charge < -0.3 is 19.5 Å². The summed E-state index contributed by atoms with van der Waals surface area (Å²) >= 11 is 0. The van der Waals surface area contributed by atoms with Gasteiger partial charge in [-0.05, 0) is 92.7 Å². The molecule has 0 radical (unpaired) electrons. The van der Waals surface area contributed by atoms with Crippen molar-refractivity contribution in [1.29, 1.82) is 0 Å². The van der Waals surface area contributed by atoms with Crippen molar-refractivity contribution in [2.45, 2.75) is 65.2 Å². The largest absolute Gasteiger partial charge is 0.469 e. The number of hydrogen-bond donors (Lipinski definition) is 1. The van der Waals surface area contributed by atoms with Crippen molar-refractivity contribution >= 4 is 18.0 Å². The van der Waals surface area contributed by atoms with Gasteiger partial charge in [0.15, 0.2) is 0 Å². The standard InChI is InChI=1S/C35H43F3N4O4/c1-9-26-16-25(33-22(4)11-10-12-23(33)5)17-28(39-26)29(19-32(44)46-8)40-34(45)30(15-21(2)3)42-20-24(13-14-41(6)7)27(18-31(42)43)35(36,37)38/h9-12,16-18,20-21,29-30H,1,13-15,19H2,2-8H3,(H,40,45)/t29-,30?/m0/s1. The average Bonchev–Trinajstić information content (AvgIpc) is 2.97. The van der Waals surface area contributed by atoms with Gasteiger partial charge in [-0.1, -0.05) is 38.6 Å². The number of benzene rings is 1. The van der Waals surface area contributed by atoms with Crippen molar-refractivity contribution in [2.24, 2.45) is 5.92 Å². The molecule has 2 aromatic heterocycles. The summed E-state index contributed by atoms with van der Waals surface area (Å²) in [6.45, 7) is 11.8. The van der Waals surface area contributed by atoms with Crippen molar-refractivity contribution < 1.29 is 27.5 Å². The molecule has 0 bridgehead atoms. The predicted octanol–water partition coefficient (Wildman–Crippen LogP) is 6.30. The van der Waals surface area contributed by atoms with Gasteiger partial charge >= 0.3 is 12.1 Å². The number of amides is 1. The van der Waals surface area contributed by atoms with E-state index in [4.69, 9.17) is 4.74 Å². The Labute approximate surface area is 268 Å². The number of aromatic nitrogens is 2. The zero-order valence-electron chi connectivity index (χ0n) is 27.5. The Morgan fingerprint density at radius 2 is 1.78 bits per heavy atom. The molecule has 248 valence electrons. The molecule has 3 rings (SSSR count). The Hall–Kier alpha value is -4.25. The number of hydrogen-bond acceptors (Lipinski definition) is 6. The number of methoxy groups -OCH3 is 1. The number of carbonyl (C=O) groups excluding carboxylic acids is 2. The zero-order chi connectivity index (χ0) is 34.3. The number of ether oxygens (including phenoxy) is 1. The Morgan fingerprint density at radius 1 is 1.13 bits per heavy atom. The molecular weight excluding hydrogens is 597 g/mol. The van der Waals surface area contributed by atoms with Crippen LogP contribution in [0.1, 0.15) is 72.4 Å². The Bertz CT molecular complexity index is 1610. The fourth-order valence-corrected chi connectivity index (χ4v) is 5.45. The number of nitrogens with one attached hydrogen (secondary N) is 1. The highest BCUT2D eigenvalue weighted by atomic mass is 19.4. The fraction of sp³-hybridized carbons (Fsp3) is 0.429. The van der Waals surface area contributed by atoms with E-state index in [1.807, 2.05) is 52.0 Å². The SMILES string of the molecule is C=Cc1cc(-c2c(C)cccc2C)cc([C@H](CC(=O)OC)NC(=O)C(CC(C)C)n2cc(CCN(C)C)c(C(F)(F)F)cc2=O)n1. The molecule has 0 aliphatic heterocycles. The van der Waals surface area contributed by atoms with E-state index in [2.05, 4.69) is 16.9 Å². The number of esters is 1. The molecule has 2 heterocycles. The molecule has 0 aliphatic rings. The number of rotatable bonds is 13. The number of aryl methyl sites for hydroxylation is 2. The van der Waals surface area contributed by atoms with Gasteiger partial charge in [-0.25, -0.2) is 0 Å². The van der Waals surface area contributed by atoms with Gasteiger partial charge in [0.1, 0.15) is 6.04 Å². The summed E-state index contributed by atoms with van der Waals surface area (Å²) in [6, 6.07) is 7.99. The van der Waals surface area contributed by atoms with Gasteiger partial charge in [0.25, 0.3) is 5.56 Å². The molecule has 0 saturated heterocycles. The van der Waals surface area contributed by atoms with Gasteiger partial charge in [0, 0.05) is 18.8 Å². The third-order valence-corrected chi connectivity index (χ3v) is 7.75. The van der Waals surface area contributed by atoms with Crippen molar-refractivity contribution in [1.82, 2.24) is 19.8 Å². The molecule has 0 fully saturated rings. The van der Waals surface area contributed by atoms with E-state index in [9.17, 15) is 27.6 Å². The number of nitrogens with zero attached hydrogens (tertiary/aromatic N) is 3. The second kappa shape index (κ2) is 15.4. The number of likely N-dealkylation sites (N-methyl/N-ethyl adjacent to an activating group) is 1. The van der Waals surface area contributed by atoms with E-state index in [0.29, 0.717) is 24.0 Å². The van der Waals surface area contributed by atoms with Crippen LogP contribution in [-0.2, 0) is 26.9 Å². The zero-order valence-corrected chi connectivity index (χ0v) is 27.5. The summed E-state index contributed by atoms with van der Waals surface area (Å²) in [7, 11) is 4.71. The van der Waals surface area contributed by atoms with E-state index < -0.39 is 41.3 Å². The molecule has 1 unspecified atom stereocenters. The van der Waals surface area contributed by atoms with Crippen LogP contribution in [0.4, 0.5) is 13.2 Å². The van der Waals surface area contributed by atoms with Crippen molar-refractivity contribution in [3.63, 3.8) is 0 Å². The summed E-state index contributed by atoms with van der Waals surface area (Å²) in [5.74, 6) is -1.35. The molecule has 1 amide bonds. The number of pyridine rings is 2. The molecule has 0 spiro atoms. The van der Waals surface area contributed by atoms with Gasteiger partial charge in [-0.2, -0.15) is 13.2 Å². The van der Waals surface area contributed by atoms with Crippen LogP contribution >= 0.6 is 0 Å². The van der Waals surface area contributed by atoms with Crippen LogP contribution < -0.4 is 10.9 Å². The summed E-state index contributed by atoms with van der Waals surface area (Å²) in [5.41, 5.74) is 2.63. The first kappa shape index (κ1) is 36.2. The summed E-state index contributed by atoms with van der Waals surface area (Å²) in [4.78, 5) is 46.2. The topological polar surface area (TPSA) is 93.5 Å². The van der Waals surface area contributed by atoms with Crippen LogP contribution in [0.5, 0.6) is 0 Å². The van der Waals surface area contributed by atoms with E-state index in [1.165, 1.54) is 7.11 Å². The number of halogens is 3. The molecule has 1 N–H and O–H groups in total. The van der Waals surface area contributed by atoms with E-state index >= 15 is 0 Å². The molecule has 8 nitrogen and oxygen atoms in total. The molecular formula is C35H43F3N4O4. The third kappa shape index (κ3) is 9.15. The van der Waals surface area contributed by atoms with E-state index in [1.54, 1.807) is 31.1 Å². The quantitative estimate of drug-likeness (QED) is 0.221. The molecule has 0 saturated carbocycles. The maximum Gasteiger partial charge on any atom is 0.416 e. The monoisotopic (exact) mass is 640 g/mol. The molecule has 11 heteroatoms. The Balaban J connectivity index is 2.15. The van der Waals surface area contributed by atoms with Crippen LogP contribution in [0.15, 0.2) is 54.0 Å². The molecule has 2 atom stereocenters. The lowest BCUT2D eigenvalue weighted by atomic mass is 9.94. The molecule has 0 aliphatic carbocycles. The van der Waals surface area contributed by atoms with Gasteiger partial charge in [-0.15, -0.1) is 0 Å². The molecule has 3 aromatic rings. The predicted molar refractivity (Wildman–Crippen MR) is 173 cm³/mol. The Kier molecular flexibility index (Phi) is 12.1. The number of carbonyl (C=O) groups is 2. The van der Waals surface area contributed by atoms with Crippen molar-refractivity contribution in [2.75, 3.05) is 27.7 Å². The third-order valence-electron chi connectivity index (χ3n) is 7.75. The van der Waals surface area contributed by atoms with E-state index in [0.717, 1.165) is 33.0 Å². The second-order valence-electron chi connectivity index (χ2n) is 12.2. The van der Waals surface area contributed by atoms with Crippen molar-refractivity contribution in [3.8, 4) is 11.1 Å². The van der Waals surface area contributed by atoms with E-state index in [-0.39, 0.29) is 30.7 Å². The first-order valence-corrected chi connectivity index (χ1v) is 15.1. The van der Waals surface area contributed by atoms with Crippen LogP contribution in [0.25, 0.3) is 17.2 Å². The minimum Gasteiger partial charge on any atom is -0.469 e. The van der Waals surface area contributed by atoms with Crippen LogP contribution in [0, 0.1) is 19.8 Å². The van der Waals surface area contributed by atoms with Crippen LogP contribution in [-0.4, -0.2) is 54.1 Å². The first-order valence-electron chi connectivity index (χ1n) is 15.1. The van der Waals surface area contributed by atoms with Gasteiger partial charge in [-0.3, -0.25) is 19.4 Å². The maximum atomic E-state index is 14.1. The normalized spacial score (nSPS) is 13.0. The lowest BCUT2D eigenvalue weighted by Crippen LogP contribution is -2.41. The van der Waals surface area contributed by atoms with Gasteiger partial charge in [0.05, 0.1) is 36.5 Å². The second-order valence-corrected chi connectivity index (χ2v) is 12.2. The highest BCUT2D eigenvalue weighted by Gasteiger charge is 2.36. The lowest BCUT2D eigenvalue weighted by molar-refractivity contribution is -0.141. The summed E-state index contributed by atoms with van der Waals surface area (Å²) < 4.78 is 47.8. The Morgan fingerprint density at radius 3 is 2.33 bits per heavy atom. The molecule has 46 heavy (non-hydrogen) atoms. The summed E-state index contributed by atoms with van der Waals surface area (Å²) in [5, 5.41) is 2.88. The first-order chi connectivity index (χ1) is 21.5. The van der Waals surface area contributed by atoms with Gasteiger partial charge in [0.2, 0.25) is 5.91 Å². The lowest BCUT2D eigenvalue weighted by Gasteiger charge is -2.26. The highest BCUT2D eigenvalue weighted by molar-refractivity contribution is 5.82. The van der Waals surface area contributed by atoms with Crippen molar-refractivity contribution in [3.05, 3.63) is 93.2 Å². The highest BCUT2D eigenvalue weighted by Crippen LogP contribution is 2.33.